The maximum Gasteiger partial charge on any atom is 0.251 e. The SMILES string of the molecule is O=C(NCCS)c1ccc2cc(O)ccc2c1. The summed E-state index contributed by atoms with van der Waals surface area (Å²) in [6, 6.07) is 10.4. The molecule has 2 aromatic rings. The van der Waals surface area contributed by atoms with E-state index in [1.807, 2.05) is 12.1 Å². The summed E-state index contributed by atoms with van der Waals surface area (Å²) in [6.45, 7) is 0.551. The Bertz CT molecular complexity index is 554. The third-order valence-corrected chi connectivity index (χ3v) is 2.71. The molecule has 0 bridgehead atoms. The minimum Gasteiger partial charge on any atom is -0.508 e. The molecule has 0 aliphatic carbocycles. The summed E-state index contributed by atoms with van der Waals surface area (Å²) < 4.78 is 0. The molecule has 2 N–H and O–H groups in total. The van der Waals surface area contributed by atoms with Crippen LogP contribution >= 0.6 is 12.6 Å². The summed E-state index contributed by atoms with van der Waals surface area (Å²) in [5.41, 5.74) is 0.616. The van der Waals surface area contributed by atoms with Gasteiger partial charge in [0.05, 0.1) is 0 Å². The number of benzene rings is 2. The van der Waals surface area contributed by atoms with Gasteiger partial charge < -0.3 is 10.4 Å². The lowest BCUT2D eigenvalue weighted by Crippen LogP contribution is -2.25. The van der Waals surface area contributed by atoms with Gasteiger partial charge in [-0.25, -0.2) is 0 Å². The number of phenols is 1. The number of rotatable bonds is 3. The molecule has 1 amide bonds. The van der Waals surface area contributed by atoms with Crippen LogP contribution in [0.5, 0.6) is 5.75 Å². The second-order valence-corrected chi connectivity index (χ2v) is 4.17. The van der Waals surface area contributed by atoms with Gasteiger partial charge in [-0.1, -0.05) is 12.1 Å². The number of hydrogen-bond donors (Lipinski definition) is 3. The van der Waals surface area contributed by atoms with E-state index in [4.69, 9.17) is 0 Å². The number of thiol groups is 1. The van der Waals surface area contributed by atoms with Crippen LogP contribution in [0.3, 0.4) is 0 Å². The summed E-state index contributed by atoms with van der Waals surface area (Å²) in [7, 11) is 0. The second kappa shape index (κ2) is 5.10. The van der Waals surface area contributed by atoms with Crippen LogP contribution in [0.4, 0.5) is 0 Å². The van der Waals surface area contributed by atoms with Gasteiger partial charge in [-0.15, -0.1) is 0 Å². The zero-order chi connectivity index (χ0) is 12.3. The minimum absolute atomic E-state index is 0.103. The highest BCUT2D eigenvalue weighted by Gasteiger charge is 2.05. The van der Waals surface area contributed by atoms with Crippen molar-refractivity contribution in [2.75, 3.05) is 12.3 Å². The van der Waals surface area contributed by atoms with Gasteiger partial charge in [0.25, 0.3) is 5.91 Å². The van der Waals surface area contributed by atoms with E-state index < -0.39 is 0 Å². The van der Waals surface area contributed by atoms with Gasteiger partial charge in [-0.05, 0) is 35.0 Å². The summed E-state index contributed by atoms with van der Waals surface area (Å²) in [5.74, 6) is 0.742. The van der Waals surface area contributed by atoms with Gasteiger partial charge in [0.2, 0.25) is 0 Å². The van der Waals surface area contributed by atoms with Crippen molar-refractivity contribution in [2.45, 2.75) is 0 Å². The van der Waals surface area contributed by atoms with Crippen LogP contribution < -0.4 is 5.32 Å². The third kappa shape index (κ3) is 2.71. The normalized spacial score (nSPS) is 10.4. The number of hydrogen-bond acceptors (Lipinski definition) is 3. The van der Waals surface area contributed by atoms with E-state index in [-0.39, 0.29) is 11.7 Å². The summed E-state index contributed by atoms with van der Waals surface area (Å²) >= 11 is 4.04. The van der Waals surface area contributed by atoms with E-state index in [0.29, 0.717) is 17.9 Å². The molecule has 88 valence electrons. The number of carbonyl (C=O) groups is 1. The Balaban J connectivity index is 2.31. The summed E-state index contributed by atoms with van der Waals surface area (Å²) in [4.78, 5) is 11.7. The second-order valence-electron chi connectivity index (χ2n) is 3.73. The molecule has 17 heavy (non-hydrogen) atoms. The average Bonchev–Trinajstić information content (AvgIpc) is 2.35. The maximum atomic E-state index is 11.7. The van der Waals surface area contributed by atoms with Crippen molar-refractivity contribution in [3.63, 3.8) is 0 Å². The minimum atomic E-state index is -0.103. The van der Waals surface area contributed by atoms with Crippen LogP contribution in [0, 0.1) is 0 Å². The Morgan fingerprint density at radius 3 is 2.65 bits per heavy atom. The van der Waals surface area contributed by atoms with E-state index >= 15 is 0 Å². The number of carbonyl (C=O) groups excluding carboxylic acids is 1. The van der Waals surface area contributed by atoms with Crippen molar-refractivity contribution in [2.24, 2.45) is 0 Å². The Morgan fingerprint density at radius 2 is 1.88 bits per heavy atom. The number of phenolic OH excluding ortho intramolecular Hbond substituents is 1. The van der Waals surface area contributed by atoms with Crippen molar-refractivity contribution < 1.29 is 9.90 Å². The molecule has 0 spiro atoms. The van der Waals surface area contributed by atoms with Gasteiger partial charge in [0.1, 0.15) is 5.75 Å². The molecule has 0 aromatic heterocycles. The zero-order valence-electron chi connectivity index (χ0n) is 9.18. The van der Waals surface area contributed by atoms with Crippen LogP contribution in [-0.4, -0.2) is 23.3 Å². The fourth-order valence-electron chi connectivity index (χ4n) is 1.65. The van der Waals surface area contributed by atoms with Crippen molar-refractivity contribution >= 4 is 29.3 Å². The van der Waals surface area contributed by atoms with Crippen LogP contribution in [-0.2, 0) is 0 Å². The highest BCUT2D eigenvalue weighted by atomic mass is 32.1. The first-order valence-electron chi connectivity index (χ1n) is 5.32. The number of aromatic hydroxyl groups is 1. The molecule has 2 rings (SSSR count). The predicted molar refractivity (Wildman–Crippen MR) is 71.8 cm³/mol. The third-order valence-electron chi connectivity index (χ3n) is 2.48. The molecule has 0 saturated carbocycles. The Labute approximate surface area is 105 Å². The molecule has 0 unspecified atom stereocenters. The average molecular weight is 247 g/mol. The number of nitrogens with one attached hydrogen (secondary N) is 1. The van der Waals surface area contributed by atoms with Gasteiger partial charge >= 0.3 is 0 Å². The number of amides is 1. The largest absolute Gasteiger partial charge is 0.508 e. The molecule has 0 saturated heterocycles. The summed E-state index contributed by atoms with van der Waals surface area (Å²) in [6.07, 6.45) is 0. The first-order valence-corrected chi connectivity index (χ1v) is 5.96. The first-order chi connectivity index (χ1) is 8.20. The standard InChI is InChI=1S/C13H13NO2S/c15-12-4-3-9-7-11(2-1-10(9)8-12)13(16)14-5-6-17/h1-4,7-8,15,17H,5-6H2,(H,14,16). The maximum absolute atomic E-state index is 11.7. The fraction of sp³-hybridized carbons (Fsp3) is 0.154. The molecule has 0 aliphatic rings. The van der Waals surface area contributed by atoms with Crippen LogP contribution in [0.15, 0.2) is 36.4 Å². The predicted octanol–water partition coefficient (Wildman–Crippen LogP) is 2.21. The molecular weight excluding hydrogens is 234 g/mol. The van der Waals surface area contributed by atoms with E-state index in [1.165, 1.54) is 0 Å². The lowest BCUT2D eigenvalue weighted by atomic mass is 10.1. The van der Waals surface area contributed by atoms with E-state index in [9.17, 15) is 9.90 Å². The summed E-state index contributed by atoms with van der Waals surface area (Å²) in [5, 5.41) is 13.9. The van der Waals surface area contributed by atoms with Crippen LogP contribution in [0.1, 0.15) is 10.4 Å². The van der Waals surface area contributed by atoms with Crippen molar-refractivity contribution in [1.82, 2.24) is 5.32 Å². The Morgan fingerprint density at radius 1 is 1.18 bits per heavy atom. The lowest BCUT2D eigenvalue weighted by Gasteiger charge is -2.05. The van der Waals surface area contributed by atoms with Gasteiger partial charge in [-0.2, -0.15) is 12.6 Å². The molecule has 0 fully saturated rings. The van der Waals surface area contributed by atoms with E-state index in [0.717, 1.165) is 10.8 Å². The molecule has 0 radical (unpaired) electrons. The van der Waals surface area contributed by atoms with Crippen molar-refractivity contribution in [1.29, 1.82) is 0 Å². The zero-order valence-corrected chi connectivity index (χ0v) is 10.1. The van der Waals surface area contributed by atoms with Crippen molar-refractivity contribution in [3.8, 4) is 5.75 Å². The molecule has 3 nitrogen and oxygen atoms in total. The van der Waals surface area contributed by atoms with Crippen LogP contribution in [0.25, 0.3) is 10.8 Å². The molecule has 2 aromatic carbocycles. The molecule has 0 atom stereocenters. The molecular formula is C13H13NO2S. The van der Waals surface area contributed by atoms with Gasteiger partial charge in [-0.3, -0.25) is 4.79 Å². The Hall–Kier alpha value is -1.68. The smallest absolute Gasteiger partial charge is 0.251 e. The van der Waals surface area contributed by atoms with E-state index in [2.05, 4.69) is 17.9 Å². The van der Waals surface area contributed by atoms with Crippen molar-refractivity contribution in [3.05, 3.63) is 42.0 Å². The quantitative estimate of drug-likeness (QED) is 0.728. The Kier molecular flexibility index (Phi) is 3.54. The number of fused-ring (bicyclic) bond motifs is 1. The highest BCUT2D eigenvalue weighted by molar-refractivity contribution is 7.80. The highest BCUT2D eigenvalue weighted by Crippen LogP contribution is 2.20. The molecule has 0 aliphatic heterocycles. The van der Waals surface area contributed by atoms with E-state index in [1.54, 1.807) is 24.3 Å². The van der Waals surface area contributed by atoms with Crippen LogP contribution in [0.2, 0.25) is 0 Å². The van der Waals surface area contributed by atoms with Gasteiger partial charge in [0.15, 0.2) is 0 Å². The van der Waals surface area contributed by atoms with Gasteiger partial charge in [0, 0.05) is 17.9 Å². The monoisotopic (exact) mass is 247 g/mol. The lowest BCUT2D eigenvalue weighted by molar-refractivity contribution is 0.0956. The topological polar surface area (TPSA) is 49.3 Å². The molecule has 4 heteroatoms. The molecule has 0 heterocycles. The fourth-order valence-corrected chi connectivity index (χ4v) is 1.76. The first kappa shape index (κ1) is 11.8.